The van der Waals surface area contributed by atoms with Gasteiger partial charge in [-0.2, -0.15) is 5.26 Å². The van der Waals surface area contributed by atoms with Crippen molar-refractivity contribution >= 4 is 29.3 Å². The second-order valence-electron chi connectivity index (χ2n) is 7.04. The van der Waals surface area contributed by atoms with E-state index in [0.29, 0.717) is 16.5 Å². The summed E-state index contributed by atoms with van der Waals surface area (Å²) in [6, 6.07) is 8.88. The number of aromatic nitrogens is 1. The predicted molar refractivity (Wildman–Crippen MR) is 113 cm³/mol. The number of anilines is 1. The number of hydrogen-bond acceptors (Lipinski definition) is 4. The Morgan fingerprint density at radius 1 is 1.45 bits per heavy atom. The molecule has 0 aliphatic carbocycles. The minimum atomic E-state index is -0.517. The average Bonchev–Trinajstić information content (AvgIpc) is 3.30. The molecule has 1 aliphatic rings. The third kappa shape index (κ3) is 4.81. The monoisotopic (exact) mass is 413 g/mol. The van der Waals surface area contributed by atoms with Crippen molar-refractivity contribution in [1.29, 1.82) is 5.26 Å². The number of ether oxygens (including phenoxy) is 2. The van der Waals surface area contributed by atoms with Gasteiger partial charge in [-0.05, 0) is 62.6 Å². The lowest BCUT2D eigenvalue weighted by Gasteiger charge is -2.14. The fraction of sp³-hybridized carbons (Fsp3) is 0.364. The molecule has 3 rings (SSSR count). The number of nitrogens with zero attached hydrogens (tertiary/aromatic N) is 2. The van der Waals surface area contributed by atoms with Crippen LogP contribution in [0.25, 0.3) is 6.08 Å². The smallest absolute Gasteiger partial charge is 0.266 e. The number of rotatable bonds is 6. The van der Waals surface area contributed by atoms with Crippen molar-refractivity contribution in [2.24, 2.45) is 0 Å². The van der Waals surface area contributed by atoms with Gasteiger partial charge in [0.25, 0.3) is 5.91 Å². The van der Waals surface area contributed by atoms with E-state index in [4.69, 9.17) is 21.1 Å². The number of nitrogens with one attached hydrogen (secondary N) is 1. The Hall–Kier alpha value is -2.75. The molecule has 0 radical (unpaired) electrons. The maximum Gasteiger partial charge on any atom is 0.266 e. The van der Waals surface area contributed by atoms with Gasteiger partial charge >= 0.3 is 0 Å². The molecule has 152 valence electrons. The Labute approximate surface area is 175 Å². The Balaban J connectivity index is 1.83. The molecule has 29 heavy (non-hydrogen) atoms. The topological polar surface area (TPSA) is 76.3 Å². The number of carbonyl (C=O) groups is 1. The van der Waals surface area contributed by atoms with Crippen LogP contribution in [-0.2, 0) is 16.1 Å². The number of carbonyl (C=O) groups excluding carboxylic acids is 1. The van der Waals surface area contributed by atoms with E-state index in [1.807, 2.05) is 26.0 Å². The van der Waals surface area contributed by atoms with Crippen LogP contribution < -0.4 is 10.1 Å². The van der Waals surface area contributed by atoms with Crippen molar-refractivity contribution in [3.8, 4) is 11.8 Å². The van der Waals surface area contributed by atoms with Crippen molar-refractivity contribution in [2.75, 3.05) is 19.0 Å². The van der Waals surface area contributed by atoms with E-state index in [1.165, 1.54) is 7.11 Å². The lowest BCUT2D eigenvalue weighted by Crippen LogP contribution is -2.17. The lowest BCUT2D eigenvalue weighted by atomic mass is 10.1. The zero-order valence-electron chi connectivity index (χ0n) is 16.8. The molecule has 1 aromatic carbocycles. The lowest BCUT2D eigenvalue weighted by molar-refractivity contribution is -0.112. The third-order valence-electron chi connectivity index (χ3n) is 5.10. The van der Waals surface area contributed by atoms with Gasteiger partial charge in [0.1, 0.15) is 17.4 Å². The summed E-state index contributed by atoms with van der Waals surface area (Å²) in [5.41, 5.74) is 3.32. The van der Waals surface area contributed by atoms with Crippen molar-refractivity contribution in [1.82, 2.24) is 4.57 Å². The summed E-state index contributed by atoms with van der Waals surface area (Å²) < 4.78 is 13.2. The van der Waals surface area contributed by atoms with Crippen LogP contribution in [0.1, 0.15) is 29.8 Å². The zero-order chi connectivity index (χ0) is 21.0. The Morgan fingerprint density at radius 3 is 2.90 bits per heavy atom. The van der Waals surface area contributed by atoms with E-state index in [1.54, 1.807) is 24.3 Å². The maximum absolute atomic E-state index is 12.7. The SMILES string of the molecule is COc1ccc(Cl)cc1NC(=O)/C(C#N)=C/c1cc(C)n(C[C@@H]2CCCO2)c1C. The molecule has 7 heteroatoms. The van der Waals surface area contributed by atoms with Gasteiger partial charge in [-0.15, -0.1) is 0 Å². The number of aryl methyl sites for hydroxylation is 1. The fourth-order valence-corrected chi connectivity index (χ4v) is 3.69. The number of hydrogen-bond donors (Lipinski definition) is 1. The first kappa shape index (κ1) is 21.0. The molecule has 0 bridgehead atoms. The van der Waals surface area contributed by atoms with Crippen LogP contribution >= 0.6 is 11.6 Å². The Kier molecular flexibility index (Phi) is 6.63. The van der Waals surface area contributed by atoms with Crippen LogP contribution in [0.3, 0.4) is 0 Å². The van der Waals surface area contributed by atoms with E-state index in [-0.39, 0.29) is 11.7 Å². The van der Waals surface area contributed by atoms with Gasteiger partial charge in [0.2, 0.25) is 0 Å². The summed E-state index contributed by atoms with van der Waals surface area (Å²) in [5, 5.41) is 12.7. The van der Waals surface area contributed by atoms with E-state index >= 15 is 0 Å². The second-order valence-corrected chi connectivity index (χ2v) is 7.48. The number of benzene rings is 1. The predicted octanol–water partition coefficient (Wildman–Crippen LogP) is 4.49. The molecule has 0 saturated carbocycles. The molecule has 6 nitrogen and oxygen atoms in total. The first-order valence-corrected chi connectivity index (χ1v) is 9.85. The summed E-state index contributed by atoms with van der Waals surface area (Å²) in [6.07, 6.45) is 3.96. The van der Waals surface area contributed by atoms with E-state index in [0.717, 1.165) is 42.9 Å². The fourth-order valence-electron chi connectivity index (χ4n) is 3.52. The normalized spacial score (nSPS) is 16.5. The minimum absolute atomic E-state index is 0.00407. The van der Waals surface area contributed by atoms with Gasteiger partial charge in [0, 0.05) is 29.6 Å². The van der Waals surface area contributed by atoms with Gasteiger partial charge in [0.15, 0.2) is 0 Å². The molecule has 1 amide bonds. The molecule has 1 fully saturated rings. The largest absolute Gasteiger partial charge is 0.495 e. The number of nitriles is 1. The summed E-state index contributed by atoms with van der Waals surface area (Å²) in [6.45, 7) is 5.59. The van der Waals surface area contributed by atoms with Crippen LogP contribution in [0, 0.1) is 25.2 Å². The van der Waals surface area contributed by atoms with Crippen molar-refractivity contribution in [2.45, 2.75) is 39.3 Å². The maximum atomic E-state index is 12.7. The van der Waals surface area contributed by atoms with Crippen molar-refractivity contribution in [3.05, 3.63) is 51.8 Å². The molecule has 0 spiro atoms. The average molecular weight is 414 g/mol. The van der Waals surface area contributed by atoms with Crippen LogP contribution in [-0.4, -0.2) is 30.3 Å². The molecule has 2 aromatic rings. The molecule has 1 N–H and O–H groups in total. The molecule has 1 atom stereocenters. The Morgan fingerprint density at radius 2 is 2.24 bits per heavy atom. The summed E-state index contributed by atoms with van der Waals surface area (Å²) in [7, 11) is 1.50. The highest BCUT2D eigenvalue weighted by atomic mass is 35.5. The van der Waals surface area contributed by atoms with Crippen LogP contribution in [0.2, 0.25) is 5.02 Å². The van der Waals surface area contributed by atoms with Crippen LogP contribution in [0.15, 0.2) is 29.8 Å². The molecule has 0 unspecified atom stereocenters. The van der Waals surface area contributed by atoms with E-state index < -0.39 is 5.91 Å². The third-order valence-corrected chi connectivity index (χ3v) is 5.33. The van der Waals surface area contributed by atoms with Crippen LogP contribution in [0.4, 0.5) is 5.69 Å². The molecule has 1 aliphatic heterocycles. The summed E-state index contributed by atoms with van der Waals surface area (Å²) in [4.78, 5) is 12.7. The summed E-state index contributed by atoms with van der Waals surface area (Å²) in [5.74, 6) is -0.0493. The van der Waals surface area contributed by atoms with Gasteiger partial charge in [0.05, 0.1) is 18.9 Å². The first-order chi connectivity index (χ1) is 13.9. The minimum Gasteiger partial charge on any atom is -0.495 e. The highest BCUT2D eigenvalue weighted by Gasteiger charge is 2.19. The highest BCUT2D eigenvalue weighted by molar-refractivity contribution is 6.31. The Bertz CT molecular complexity index is 982. The molecular formula is C22H24ClN3O3. The molecule has 2 heterocycles. The molecular weight excluding hydrogens is 390 g/mol. The van der Waals surface area contributed by atoms with E-state index in [2.05, 4.69) is 9.88 Å². The highest BCUT2D eigenvalue weighted by Crippen LogP contribution is 2.28. The standard InChI is InChI=1S/C22H24ClN3O3/c1-14-9-16(15(2)26(14)13-19-5-4-8-29-19)10-17(12-24)22(27)25-20-11-18(23)6-7-21(20)28-3/h6-7,9-11,19H,4-5,8,13H2,1-3H3,(H,25,27)/b17-10+/t19-/m0/s1. The number of amides is 1. The number of methoxy groups -OCH3 is 1. The van der Waals surface area contributed by atoms with Gasteiger partial charge in [-0.3, -0.25) is 4.79 Å². The van der Waals surface area contributed by atoms with Gasteiger partial charge in [-0.1, -0.05) is 11.6 Å². The first-order valence-electron chi connectivity index (χ1n) is 9.48. The molecule has 1 aromatic heterocycles. The van der Waals surface area contributed by atoms with Crippen molar-refractivity contribution < 1.29 is 14.3 Å². The van der Waals surface area contributed by atoms with Crippen molar-refractivity contribution in [3.63, 3.8) is 0 Å². The summed E-state index contributed by atoms with van der Waals surface area (Å²) >= 11 is 6.01. The van der Waals surface area contributed by atoms with E-state index in [9.17, 15) is 10.1 Å². The van der Waals surface area contributed by atoms with Crippen LogP contribution in [0.5, 0.6) is 5.75 Å². The quantitative estimate of drug-likeness (QED) is 0.559. The molecule has 1 saturated heterocycles. The van der Waals surface area contributed by atoms with Gasteiger partial charge < -0.3 is 19.4 Å². The number of halogens is 1. The van der Waals surface area contributed by atoms with Gasteiger partial charge in [-0.25, -0.2) is 0 Å². The second kappa shape index (κ2) is 9.17. The zero-order valence-corrected chi connectivity index (χ0v) is 17.5.